The van der Waals surface area contributed by atoms with Gasteiger partial charge in [-0.15, -0.1) is 0 Å². The van der Waals surface area contributed by atoms with Gasteiger partial charge in [-0.1, -0.05) is 13.0 Å². The first kappa shape index (κ1) is 18.1. The Balaban J connectivity index is 2.18. The van der Waals surface area contributed by atoms with Crippen LogP contribution in [-0.2, 0) is 16.5 Å². The summed E-state index contributed by atoms with van der Waals surface area (Å²) in [7, 11) is -4.77. The third-order valence-electron chi connectivity index (χ3n) is 3.88. The van der Waals surface area contributed by atoms with Gasteiger partial charge in [0.25, 0.3) is 0 Å². The molecule has 0 spiro atoms. The quantitative estimate of drug-likeness (QED) is 0.510. The maximum atomic E-state index is 13.8. The van der Waals surface area contributed by atoms with E-state index in [4.69, 9.17) is 8.60 Å². The largest absolute Gasteiger partial charge is 0.423 e. The Morgan fingerprint density at radius 3 is 2.38 bits per heavy atom. The minimum atomic E-state index is -4.77. The van der Waals surface area contributed by atoms with Crippen molar-refractivity contribution < 1.29 is 25.8 Å². The maximum absolute atomic E-state index is 13.8. The number of aryl methyl sites for hydroxylation is 2. The molecule has 0 bridgehead atoms. The van der Waals surface area contributed by atoms with Gasteiger partial charge in [0.2, 0.25) is 0 Å². The van der Waals surface area contributed by atoms with Crippen molar-refractivity contribution in [2.24, 2.45) is 0 Å². The van der Waals surface area contributed by atoms with Crippen LogP contribution in [-0.4, -0.2) is 8.42 Å². The van der Waals surface area contributed by atoms with Gasteiger partial charge >= 0.3 is 15.7 Å². The molecule has 0 N–H and O–H groups in total. The number of halogens is 2. The molecule has 0 amide bonds. The van der Waals surface area contributed by atoms with E-state index in [1.807, 2.05) is 0 Å². The predicted octanol–water partition coefficient (Wildman–Crippen LogP) is 3.71. The summed E-state index contributed by atoms with van der Waals surface area (Å²) in [6.45, 7) is 3.48. The summed E-state index contributed by atoms with van der Waals surface area (Å²) in [6.07, 6.45) is 0.388. The van der Waals surface area contributed by atoms with Crippen LogP contribution >= 0.6 is 0 Å². The number of rotatable bonds is 4. The van der Waals surface area contributed by atoms with Crippen molar-refractivity contribution in [2.75, 3.05) is 0 Å². The summed E-state index contributed by atoms with van der Waals surface area (Å²) in [5.74, 6) is -2.67. The smallest absolute Gasteiger partial charge is 0.345 e. The zero-order valence-corrected chi connectivity index (χ0v) is 14.7. The Morgan fingerprint density at radius 1 is 1.12 bits per heavy atom. The second-order valence-electron chi connectivity index (χ2n) is 5.65. The molecule has 0 saturated carbocycles. The lowest BCUT2D eigenvalue weighted by Crippen LogP contribution is -2.14. The van der Waals surface area contributed by atoms with Crippen molar-refractivity contribution in [3.63, 3.8) is 0 Å². The highest BCUT2D eigenvalue weighted by molar-refractivity contribution is 7.87. The van der Waals surface area contributed by atoms with Crippen molar-refractivity contribution in [3.8, 4) is 5.75 Å². The molecule has 0 aliphatic rings. The predicted molar refractivity (Wildman–Crippen MR) is 90.8 cm³/mol. The normalized spacial score (nSPS) is 11.7. The Kier molecular flexibility index (Phi) is 4.53. The maximum Gasteiger partial charge on any atom is 0.345 e. The van der Waals surface area contributed by atoms with E-state index in [1.54, 1.807) is 19.9 Å². The average molecular weight is 380 g/mol. The standard InChI is InChI=1S/C18H14F2O5S/c1-3-11-8-12-10(2)7-17(21)24-16(12)9-15(11)25-26(22,23)18-13(19)5-4-6-14(18)20/h4-9H,3H2,1-2H3. The molecule has 3 rings (SSSR count). The summed E-state index contributed by atoms with van der Waals surface area (Å²) in [5, 5.41) is 0.614. The van der Waals surface area contributed by atoms with Crippen molar-refractivity contribution in [1.82, 2.24) is 0 Å². The SMILES string of the molecule is CCc1cc2c(C)cc(=O)oc2cc1OS(=O)(=O)c1c(F)cccc1F. The molecule has 0 unspecified atom stereocenters. The molecule has 26 heavy (non-hydrogen) atoms. The van der Waals surface area contributed by atoms with E-state index in [1.165, 1.54) is 12.1 Å². The fraction of sp³-hybridized carbons (Fsp3) is 0.167. The van der Waals surface area contributed by atoms with Crippen LogP contribution < -0.4 is 9.81 Å². The Morgan fingerprint density at radius 2 is 1.77 bits per heavy atom. The lowest BCUT2D eigenvalue weighted by Gasteiger charge is -2.13. The highest BCUT2D eigenvalue weighted by atomic mass is 32.2. The highest BCUT2D eigenvalue weighted by Crippen LogP contribution is 2.31. The van der Waals surface area contributed by atoms with E-state index >= 15 is 0 Å². The van der Waals surface area contributed by atoms with Crippen molar-refractivity contribution in [3.05, 3.63) is 69.6 Å². The molecule has 1 heterocycles. The lowest BCUT2D eigenvalue weighted by molar-refractivity contribution is 0.457. The summed E-state index contributed by atoms with van der Waals surface area (Å²) in [4.78, 5) is 10.4. The van der Waals surface area contributed by atoms with Crippen LogP contribution in [0.3, 0.4) is 0 Å². The minimum absolute atomic E-state index is 0.117. The molecule has 2 aromatic carbocycles. The van der Waals surface area contributed by atoms with E-state index in [0.717, 1.165) is 18.2 Å². The lowest BCUT2D eigenvalue weighted by atomic mass is 10.1. The summed E-state index contributed by atoms with van der Waals surface area (Å²) in [5.41, 5.74) is 0.648. The van der Waals surface area contributed by atoms with Gasteiger partial charge in [0.15, 0.2) is 4.90 Å². The zero-order valence-electron chi connectivity index (χ0n) is 13.9. The van der Waals surface area contributed by atoms with E-state index in [2.05, 4.69) is 0 Å². The Bertz CT molecular complexity index is 1150. The van der Waals surface area contributed by atoms with Gasteiger partial charge in [-0.25, -0.2) is 13.6 Å². The topological polar surface area (TPSA) is 73.6 Å². The Labute approximate surface area is 148 Å². The van der Waals surface area contributed by atoms with Gasteiger partial charge in [-0.2, -0.15) is 8.42 Å². The molecule has 3 aromatic rings. The van der Waals surface area contributed by atoms with E-state index < -0.39 is 32.3 Å². The number of hydrogen-bond acceptors (Lipinski definition) is 5. The van der Waals surface area contributed by atoms with Crippen molar-refractivity contribution in [1.29, 1.82) is 0 Å². The van der Waals surface area contributed by atoms with Crippen molar-refractivity contribution in [2.45, 2.75) is 25.2 Å². The van der Waals surface area contributed by atoms with E-state index in [0.29, 0.717) is 22.9 Å². The molecule has 0 aliphatic carbocycles. The van der Waals surface area contributed by atoms with Gasteiger partial charge in [0.05, 0.1) is 0 Å². The third kappa shape index (κ3) is 3.20. The van der Waals surface area contributed by atoms with Gasteiger partial charge in [-0.05, 0) is 42.7 Å². The number of benzene rings is 2. The molecule has 0 saturated heterocycles. The molecule has 0 aliphatic heterocycles. The second-order valence-corrected chi connectivity index (χ2v) is 7.13. The van der Waals surface area contributed by atoms with Crippen LogP contribution in [0.5, 0.6) is 5.75 Å². The van der Waals surface area contributed by atoms with Gasteiger partial charge in [0, 0.05) is 17.5 Å². The third-order valence-corrected chi connectivity index (χ3v) is 5.17. The number of hydrogen-bond donors (Lipinski definition) is 0. The number of fused-ring (bicyclic) bond motifs is 1. The highest BCUT2D eigenvalue weighted by Gasteiger charge is 2.27. The van der Waals surface area contributed by atoms with Gasteiger partial charge in [-0.3, -0.25) is 0 Å². The summed E-state index contributed by atoms with van der Waals surface area (Å²) in [6, 6.07) is 6.86. The first-order chi connectivity index (χ1) is 12.2. The molecular formula is C18H14F2O5S. The monoisotopic (exact) mass is 380 g/mol. The summed E-state index contributed by atoms with van der Waals surface area (Å²) >= 11 is 0. The molecule has 8 heteroatoms. The van der Waals surface area contributed by atoms with Gasteiger partial charge < -0.3 is 8.60 Å². The second kappa shape index (κ2) is 6.53. The van der Waals surface area contributed by atoms with Crippen LogP contribution in [0.15, 0.2) is 50.5 Å². The minimum Gasteiger partial charge on any atom is -0.423 e. The molecule has 1 aromatic heterocycles. The molecular weight excluding hydrogens is 366 g/mol. The first-order valence-corrected chi connectivity index (χ1v) is 9.09. The Hall–Kier alpha value is -2.74. The molecule has 0 atom stereocenters. The van der Waals surface area contributed by atoms with Crippen LogP contribution in [0.1, 0.15) is 18.1 Å². The van der Waals surface area contributed by atoms with Crippen molar-refractivity contribution >= 4 is 21.1 Å². The van der Waals surface area contributed by atoms with Crippen LogP contribution in [0.25, 0.3) is 11.0 Å². The van der Waals surface area contributed by atoms with E-state index in [9.17, 15) is 22.0 Å². The average Bonchev–Trinajstić information content (AvgIpc) is 2.53. The van der Waals surface area contributed by atoms with Crippen LogP contribution in [0.2, 0.25) is 0 Å². The molecule has 5 nitrogen and oxygen atoms in total. The molecule has 0 radical (unpaired) electrons. The zero-order chi connectivity index (χ0) is 19.1. The van der Waals surface area contributed by atoms with Crippen LogP contribution in [0, 0.1) is 18.6 Å². The first-order valence-electron chi connectivity index (χ1n) is 7.69. The van der Waals surface area contributed by atoms with Crippen LogP contribution in [0.4, 0.5) is 8.78 Å². The van der Waals surface area contributed by atoms with Gasteiger partial charge in [0.1, 0.15) is 23.0 Å². The van der Waals surface area contributed by atoms with E-state index in [-0.39, 0.29) is 11.3 Å². The molecule has 136 valence electrons. The fourth-order valence-corrected chi connectivity index (χ4v) is 3.71. The summed E-state index contributed by atoms with van der Waals surface area (Å²) < 4.78 is 62.5. The molecule has 0 fully saturated rings. The fourth-order valence-electron chi connectivity index (χ4n) is 2.63.